The minimum absolute atomic E-state index is 0.0771. The number of amides is 3. The second-order valence-corrected chi connectivity index (χ2v) is 5.94. The highest BCUT2D eigenvalue weighted by atomic mass is 127. The van der Waals surface area contributed by atoms with Crippen LogP contribution in [0.4, 0.5) is 4.79 Å². The van der Waals surface area contributed by atoms with Crippen molar-refractivity contribution >= 4 is 56.5 Å². The molecule has 0 bridgehead atoms. The van der Waals surface area contributed by atoms with Gasteiger partial charge in [-0.2, -0.15) is 0 Å². The Balaban J connectivity index is 2.43. The van der Waals surface area contributed by atoms with E-state index in [9.17, 15) is 14.7 Å². The Labute approximate surface area is 131 Å². The second kappa shape index (κ2) is 5.49. The summed E-state index contributed by atoms with van der Waals surface area (Å²) in [7, 11) is 0. The van der Waals surface area contributed by atoms with E-state index in [0.29, 0.717) is 15.7 Å². The van der Waals surface area contributed by atoms with Crippen LogP contribution in [0.1, 0.15) is 12.5 Å². The van der Waals surface area contributed by atoms with Gasteiger partial charge >= 0.3 is 6.03 Å². The molecule has 1 aromatic carbocycles. The third-order valence-electron chi connectivity index (χ3n) is 2.64. The number of phenols is 1. The van der Waals surface area contributed by atoms with Gasteiger partial charge in [0.1, 0.15) is 11.4 Å². The third kappa shape index (κ3) is 2.76. The van der Waals surface area contributed by atoms with Gasteiger partial charge in [-0.1, -0.05) is 15.9 Å². The number of carbonyl (C=O) groups is 2. The number of imide groups is 1. The van der Waals surface area contributed by atoms with E-state index >= 15 is 0 Å². The van der Waals surface area contributed by atoms with E-state index in [4.69, 9.17) is 0 Å². The van der Waals surface area contributed by atoms with Crippen molar-refractivity contribution in [1.82, 2.24) is 10.2 Å². The van der Waals surface area contributed by atoms with Gasteiger partial charge in [0.05, 0.1) is 3.57 Å². The molecule has 0 aromatic heterocycles. The van der Waals surface area contributed by atoms with Gasteiger partial charge in [0, 0.05) is 16.6 Å². The van der Waals surface area contributed by atoms with Gasteiger partial charge < -0.3 is 10.4 Å². The smallest absolute Gasteiger partial charge is 0.328 e. The molecule has 2 rings (SSSR count). The Morgan fingerprint density at radius 2 is 2.16 bits per heavy atom. The van der Waals surface area contributed by atoms with Crippen molar-refractivity contribution < 1.29 is 14.7 Å². The normalized spacial score (nSPS) is 17.2. The van der Waals surface area contributed by atoms with Crippen molar-refractivity contribution in [3.05, 3.63) is 31.4 Å². The highest BCUT2D eigenvalue weighted by Gasteiger charge is 2.32. The number of nitrogens with zero attached hydrogens (tertiary/aromatic N) is 1. The molecule has 1 heterocycles. The number of carbonyl (C=O) groups excluding carboxylic acids is 2. The summed E-state index contributed by atoms with van der Waals surface area (Å²) in [5.74, 6) is -0.310. The first-order valence-electron chi connectivity index (χ1n) is 5.46. The Morgan fingerprint density at radius 1 is 1.47 bits per heavy atom. The molecule has 0 radical (unpaired) electrons. The van der Waals surface area contributed by atoms with Gasteiger partial charge in [0.25, 0.3) is 5.91 Å². The predicted molar refractivity (Wildman–Crippen MR) is 82.4 cm³/mol. The molecule has 1 fully saturated rings. The summed E-state index contributed by atoms with van der Waals surface area (Å²) >= 11 is 5.31. The molecular formula is C12H10BrIN2O3. The molecule has 19 heavy (non-hydrogen) atoms. The third-order valence-corrected chi connectivity index (χ3v) is 3.92. The lowest BCUT2D eigenvalue weighted by Gasteiger charge is -2.06. The fourth-order valence-electron chi connectivity index (χ4n) is 1.71. The number of urea groups is 1. The minimum Gasteiger partial charge on any atom is -0.506 e. The van der Waals surface area contributed by atoms with E-state index in [2.05, 4.69) is 21.2 Å². The maximum atomic E-state index is 11.9. The van der Waals surface area contributed by atoms with Crippen LogP contribution in [0.2, 0.25) is 0 Å². The fraction of sp³-hybridized carbons (Fsp3) is 0.167. The second-order valence-electron chi connectivity index (χ2n) is 3.86. The largest absolute Gasteiger partial charge is 0.506 e. The molecule has 0 spiro atoms. The van der Waals surface area contributed by atoms with Crippen LogP contribution in [0.5, 0.6) is 5.75 Å². The molecule has 0 saturated carbocycles. The van der Waals surface area contributed by atoms with Crippen LogP contribution in [-0.2, 0) is 4.79 Å². The Hall–Kier alpha value is -1.09. The monoisotopic (exact) mass is 436 g/mol. The molecule has 3 amide bonds. The highest BCUT2D eigenvalue weighted by molar-refractivity contribution is 14.1. The van der Waals surface area contributed by atoms with Crippen LogP contribution in [0.3, 0.4) is 0 Å². The molecule has 0 aliphatic carbocycles. The van der Waals surface area contributed by atoms with E-state index < -0.39 is 6.03 Å². The van der Waals surface area contributed by atoms with Crippen LogP contribution in [-0.4, -0.2) is 28.5 Å². The minimum atomic E-state index is -0.442. The SMILES string of the molecule is CCN1C(=O)N/C(=C\c2cc(Br)cc(I)c2O)C1=O. The molecule has 2 N–H and O–H groups in total. The summed E-state index contributed by atoms with van der Waals surface area (Å²) in [4.78, 5) is 24.5. The first-order valence-corrected chi connectivity index (χ1v) is 7.33. The molecule has 5 nitrogen and oxygen atoms in total. The van der Waals surface area contributed by atoms with E-state index in [1.807, 2.05) is 22.6 Å². The highest BCUT2D eigenvalue weighted by Crippen LogP contribution is 2.30. The molecule has 1 aromatic rings. The Bertz CT molecular complexity index is 601. The topological polar surface area (TPSA) is 69.6 Å². The molecule has 1 aliphatic heterocycles. The summed E-state index contributed by atoms with van der Waals surface area (Å²) in [6.07, 6.45) is 1.47. The van der Waals surface area contributed by atoms with E-state index in [1.165, 1.54) is 6.08 Å². The van der Waals surface area contributed by atoms with Crippen molar-refractivity contribution in [1.29, 1.82) is 0 Å². The number of hydrogen-bond acceptors (Lipinski definition) is 3. The van der Waals surface area contributed by atoms with Crippen molar-refractivity contribution in [2.24, 2.45) is 0 Å². The van der Waals surface area contributed by atoms with Crippen molar-refractivity contribution in [2.75, 3.05) is 6.54 Å². The molecule has 7 heteroatoms. The van der Waals surface area contributed by atoms with Gasteiger partial charge in [0.2, 0.25) is 0 Å². The molecule has 1 saturated heterocycles. The van der Waals surface area contributed by atoms with Gasteiger partial charge in [-0.05, 0) is 47.7 Å². The van der Waals surface area contributed by atoms with Crippen LogP contribution in [0, 0.1) is 3.57 Å². The van der Waals surface area contributed by atoms with Crippen molar-refractivity contribution in [2.45, 2.75) is 6.92 Å². The number of hydrogen-bond donors (Lipinski definition) is 2. The van der Waals surface area contributed by atoms with Crippen molar-refractivity contribution in [3.8, 4) is 5.75 Å². The number of phenolic OH excluding ortho intramolecular Hbond substituents is 1. The van der Waals surface area contributed by atoms with Gasteiger partial charge in [-0.3, -0.25) is 9.69 Å². The number of aromatic hydroxyl groups is 1. The summed E-state index contributed by atoms with van der Waals surface area (Å²) < 4.78 is 1.44. The van der Waals surface area contributed by atoms with E-state index in [1.54, 1.807) is 19.1 Å². The van der Waals surface area contributed by atoms with Gasteiger partial charge in [0.15, 0.2) is 0 Å². The summed E-state index contributed by atoms with van der Waals surface area (Å²) in [5.41, 5.74) is 0.636. The summed E-state index contributed by atoms with van der Waals surface area (Å²) in [6, 6.07) is 2.99. The number of rotatable bonds is 2. The van der Waals surface area contributed by atoms with Crippen molar-refractivity contribution in [3.63, 3.8) is 0 Å². The fourth-order valence-corrected chi connectivity index (χ4v) is 3.26. The summed E-state index contributed by atoms with van der Waals surface area (Å²) in [6.45, 7) is 2.03. The molecule has 0 unspecified atom stereocenters. The van der Waals surface area contributed by atoms with E-state index in [-0.39, 0.29) is 17.4 Å². The van der Waals surface area contributed by atoms with E-state index in [0.717, 1.165) is 9.37 Å². The predicted octanol–water partition coefficient (Wildman–Crippen LogP) is 2.67. The number of benzene rings is 1. The molecular weight excluding hydrogens is 427 g/mol. The Kier molecular flexibility index (Phi) is 4.14. The number of halogens is 2. The first kappa shape index (κ1) is 14.3. The summed E-state index contributed by atoms with van der Waals surface area (Å²) in [5, 5.41) is 12.4. The van der Waals surface area contributed by atoms with Gasteiger partial charge in [-0.25, -0.2) is 4.79 Å². The van der Waals surface area contributed by atoms with Gasteiger partial charge in [-0.15, -0.1) is 0 Å². The maximum absolute atomic E-state index is 11.9. The zero-order valence-corrected chi connectivity index (χ0v) is 13.6. The van der Waals surface area contributed by atoms with Crippen LogP contribution < -0.4 is 5.32 Å². The standard InChI is InChI=1S/C12H10BrIN2O3/c1-2-16-11(18)9(15-12(16)19)4-6-3-7(13)5-8(14)10(6)17/h3-5,17H,2H2,1H3,(H,15,19)/b9-4-. The average Bonchev–Trinajstić information content (AvgIpc) is 2.60. The molecule has 0 atom stereocenters. The van der Waals surface area contributed by atoms with Crippen LogP contribution in [0.15, 0.2) is 22.3 Å². The van der Waals surface area contributed by atoms with Crippen LogP contribution >= 0.6 is 38.5 Å². The first-order chi connectivity index (χ1) is 8.93. The lowest BCUT2D eigenvalue weighted by atomic mass is 10.1. The zero-order valence-electron chi connectivity index (χ0n) is 9.91. The lowest BCUT2D eigenvalue weighted by Crippen LogP contribution is -2.30. The molecule has 1 aliphatic rings. The Morgan fingerprint density at radius 3 is 2.74 bits per heavy atom. The maximum Gasteiger partial charge on any atom is 0.328 e. The number of nitrogens with one attached hydrogen (secondary N) is 1. The quantitative estimate of drug-likeness (QED) is 0.425. The lowest BCUT2D eigenvalue weighted by molar-refractivity contribution is -0.122. The van der Waals surface area contributed by atoms with Crippen LogP contribution in [0.25, 0.3) is 6.08 Å². The molecule has 100 valence electrons. The zero-order chi connectivity index (χ0) is 14.2. The number of likely N-dealkylation sites (N-methyl/N-ethyl adjacent to an activating group) is 1. The average molecular weight is 437 g/mol.